The van der Waals surface area contributed by atoms with E-state index in [1.165, 1.54) is 5.56 Å². The minimum atomic E-state index is -0.449. The lowest BCUT2D eigenvalue weighted by Gasteiger charge is -2.39. The Kier molecular flexibility index (Phi) is 6.30. The van der Waals surface area contributed by atoms with Crippen LogP contribution in [0.2, 0.25) is 0 Å². The highest BCUT2D eigenvalue weighted by atomic mass is 16.5. The van der Waals surface area contributed by atoms with Gasteiger partial charge < -0.3 is 14.6 Å². The first-order valence-corrected chi connectivity index (χ1v) is 11.2. The van der Waals surface area contributed by atoms with Crippen LogP contribution < -0.4 is 4.74 Å². The van der Waals surface area contributed by atoms with Crippen molar-refractivity contribution in [3.05, 3.63) is 47.9 Å². The van der Waals surface area contributed by atoms with E-state index >= 15 is 0 Å². The van der Waals surface area contributed by atoms with Crippen LogP contribution in [-0.2, 0) is 10.2 Å². The molecule has 0 amide bonds. The van der Waals surface area contributed by atoms with Gasteiger partial charge >= 0.3 is 0 Å². The number of aromatic nitrogens is 3. The van der Waals surface area contributed by atoms with Crippen molar-refractivity contribution in [2.75, 3.05) is 20.3 Å². The van der Waals surface area contributed by atoms with Crippen LogP contribution in [0.3, 0.4) is 0 Å². The average Bonchev–Trinajstić information content (AvgIpc) is 3.11. The topological polar surface area (TPSA) is 69.4 Å². The molecule has 0 saturated heterocycles. The Hall–Kier alpha value is -2.44. The Morgan fingerprint density at radius 3 is 2.94 bits per heavy atom. The zero-order valence-corrected chi connectivity index (χ0v) is 19.0. The fraction of sp³-hybridized carbons (Fsp3) is 0.520. The normalized spacial score (nSPS) is 22.0. The van der Waals surface area contributed by atoms with E-state index in [0.717, 1.165) is 47.3 Å². The van der Waals surface area contributed by atoms with Crippen LogP contribution in [0.4, 0.5) is 0 Å². The molecule has 3 aromatic rings. The van der Waals surface area contributed by atoms with Crippen LogP contribution in [0.5, 0.6) is 5.75 Å². The average molecular weight is 424 g/mol. The minimum absolute atomic E-state index is 0.0515. The number of ether oxygens (including phenoxy) is 2. The monoisotopic (exact) mass is 423 g/mol. The molecule has 1 aliphatic rings. The Morgan fingerprint density at radius 1 is 1.35 bits per heavy atom. The first-order chi connectivity index (χ1) is 15.0. The number of rotatable bonds is 7. The van der Waals surface area contributed by atoms with Crippen molar-refractivity contribution in [2.45, 2.75) is 58.0 Å². The zero-order chi connectivity index (χ0) is 22.0. The number of aliphatic hydroxyl groups is 1. The molecule has 6 heteroatoms. The summed E-state index contributed by atoms with van der Waals surface area (Å²) in [6, 6.07) is 8.41. The van der Waals surface area contributed by atoms with Crippen molar-refractivity contribution in [1.29, 1.82) is 0 Å². The first kappa shape index (κ1) is 21.8. The quantitative estimate of drug-likeness (QED) is 0.602. The largest absolute Gasteiger partial charge is 0.493 e. The van der Waals surface area contributed by atoms with Gasteiger partial charge in [0.2, 0.25) is 0 Å². The van der Waals surface area contributed by atoms with Crippen LogP contribution in [0.25, 0.3) is 16.6 Å². The van der Waals surface area contributed by atoms with E-state index in [0.29, 0.717) is 25.6 Å². The standard InChI is InChI=1S/C25H33N3O3/c1-5-25(9-6-21(29)16-30-4)17(2)8-11-31-24-14-23-19(13-22(24)25)15-27-28(23)20-7-10-26-18(3)12-20/h7,10,12-15,17,21,29H,5-6,8-9,11,16H2,1-4H3. The molecule has 0 radical (unpaired) electrons. The van der Waals surface area contributed by atoms with Crippen molar-refractivity contribution < 1.29 is 14.6 Å². The van der Waals surface area contributed by atoms with Gasteiger partial charge in [0, 0.05) is 41.4 Å². The molecule has 2 aromatic heterocycles. The summed E-state index contributed by atoms with van der Waals surface area (Å²) in [5.41, 5.74) is 4.17. The number of benzene rings is 1. The van der Waals surface area contributed by atoms with Gasteiger partial charge in [-0.1, -0.05) is 13.8 Å². The van der Waals surface area contributed by atoms with Crippen LogP contribution in [0.1, 0.15) is 50.8 Å². The van der Waals surface area contributed by atoms with Crippen molar-refractivity contribution >= 4 is 10.9 Å². The number of fused-ring (bicyclic) bond motifs is 2. The minimum Gasteiger partial charge on any atom is -0.493 e. The SMILES string of the molecule is CCC1(CCC(O)COC)c2cc3cnn(-c4ccnc(C)c4)c3cc2OCCC1C. The van der Waals surface area contributed by atoms with Crippen LogP contribution in [0.15, 0.2) is 36.7 Å². The maximum Gasteiger partial charge on any atom is 0.125 e. The van der Waals surface area contributed by atoms with E-state index in [4.69, 9.17) is 9.47 Å². The molecule has 3 heterocycles. The molecule has 0 saturated carbocycles. The van der Waals surface area contributed by atoms with Gasteiger partial charge in [-0.05, 0) is 56.7 Å². The van der Waals surface area contributed by atoms with Gasteiger partial charge in [-0.15, -0.1) is 0 Å². The van der Waals surface area contributed by atoms with E-state index in [1.807, 2.05) is 36.1 Å². The maximum absolute atomic E-state index is 10.3. The van der Waals surface area contributed by atoms with Crippen molar-refractivity contribution in [3.8, 4) is 11.4 Å². The Labute approximate surface area is 184 Å². The fourth-order valence-corrected chi connectivity index (χ4v) is 5.12. The maximum atomic E-state index is 10.3. The number of pyridine rings is 1. The Morgan fingerprint density at radius 2 is 2.19 bits per heavy atom. The van der Waals surface area contributed by atoms with Gasteiger partial charge in [0.05, 0.1) is 36.7 Å². The highest BCUT2D eigenvalue weighted by Crippen LogP contribution is 2.48. The van der Waals surface area contributed by atoms with E-state index in [9.17, 15) is 5.11 Å². The molecule has 1 aromatic carbocycles. The molecule has 31 heavy (non-hydrogen) atoms. The third kappa shape index (κ3) is 4.06. The molecule has 166 valence electrons. The molecule has 1 N–H and O–H groups in total. The lowest BCUT2D eigenvalue weighted by atomic mass is 9.65. The predicted molar refractivity (Wildman–Crippen MR) is 122 cm³/mol. The molecule has 0 fully saturated rings. The van der Waals surface area contributed by atoms with Crippen LogP contribution in [0, 0.1) is 12.8 Å². The summed E-state index contributed by atoms with van der Waals surface area (Å²) in [5, 5.41) is 16.1. The van der Waals surface area contributed by atoms with Gasteiger partial charge in [0.15, 0.2) is 0 Å². The number of aliphatic hydroxyl groups excluding tert-OH is 1. The second-order valence-electron chi connectivity index (χ2n) is 8.81. The second kappa shape index (κ2) is 8.97. The summed E-state index contributed by atoms with van der Waals surface area (Å²) < 4.78 is 13.4. The van der Waals surface area contributed by atoms with E-state index < -0.39 is 6.10 Å². The highest BCUT2D eigenvalue weighted by Gasteiger charge is 2.40. The third-order valence-electron chi connectivity index (χ3n) is 7.00. The summed E-state index contributed by atoms with van der Waals surface area (Å²) in [4.78, 5) is 4.30. The smallest absolute Gasteiger partial charge is 0.125 e. The summed E-state index contributed by atoms with van der Waals surface area (Å²) in [6.45, 7) is 7.62. The summed E-state index contributed by atoms with van der Waals surface area (Å²) >= 11 is 0. The molecule has 3 atom stereocenters. The zero-order valence-electron chi connectivity index (χ0n) is 19.0. The summed E-state index contributed by atoms with van der Waals surface area (Å²) in [6.07, 6.45) is 6.89. The van der Waals surface area contributed by atoms with Gasteiger partial charge in [-0.25, -0.2) is 4.68 Å². The van der Waals surface area contributed by atoms with E-state index in [1.54, 1.807) is 7.11 Å². The van der Waals surface area contributed by atoms with Crippen LogP contribution >= 0.6 is 0 Å². The third-order valence-corrected chi connectivity index (χ3v) is 7.00. The molecular weight excluding hydrogens is 390 g/mol. The number of nitrogens with zero attached hydrogens (tertiary/aromatic N) is 3. The predicted octanol–water partition coefficient (Wildman–Crippen LogP) is 4.58. The van der Waals surface area contributed by atoms with Gasteiger partial charge in [-0.2, -0.15) is 5.10 Å². The molecule has 4 rings (SSSR count). The van der Waals surface area contributed by atoms with E-state index in [2.05, 4.69) is 36.1 Å². The second-order valence-corrected chi connectivity index (χ2v) is 8.81. The van der Waals surface area contributed by atoms with Crippen molar-refractivity contribution in [2.24, 2.45) is 5.92 Å². The number of aryl methyl sites for hydroxylation is 1. The Bertz CT molecular complexity index is 1050. The molecule has 3 unspecified atom stereocenters. The highest BCUT2D eigenvalue weighted by molar-refractivity contribution is 5.83. The van der Waals surface area contributed by atoms with Crippen molar-refractivity contribution in [1.82, 2.24) is 14.8 Å². The first-order valence-electron chi connectivity index (χ1n) is 11.2. The Balaban J connectivity index is 1.80. The molecule has 0 aliphatic carbocycles. The molecule has 0 spiro atoms. The number of hydrogen-bond acceptors (Lipinski definition) is 5. The number of hydrogen-bond donors (Lipinski definition) is 1. The molecule has 1 aliphatic heterocycles. The lowest BCUT2D eigenvalue weighted by molar-refractivity contribution is 0.0496. The molecule has 0 bridgehead atoms. The molecule has 6 nitrogen and oxygen atoms in total. The summed E-state index contributed by atoms with van der Waals surface area (Å²) in [7, 11) is 1.63. The van der Waals surface area contributed by atoms with Gasteiger partial charge in [0.25, 0.3) is 0 Å². The number of methoxy groups -OCH3 is 1. The van der Waals surface area contributed by atoms with Gasteiger partial charge in [-0.3, -0.25) is 4.98 Å². The van der Waals surface area contributed by atoms with Crippen LogP contribution in [-0.4, -0.2) is 46.3 Å². The fourth-order valence-electron chi connectivity index (χ4n) is 5.12. The summed E-state index contributed by atoms with van der Waals surface area (Å²) in [5.74, 6) is 1.39. The van der Waals surface area contributed by atoms with Crippen molar-refractivity contribution in [3.63, 3.8) is 0 Å². The van der Waals surface area contributed by atoms with E-state index in [-0.39, 0.29) is 5.41 Å². The lowest BCUT2D eigenvalue weighted by Crippen LogP contribution is -2.34. The van der Waals surface area contributed by atoms with Gasteiger partial charge in [0.1, 0.15) is 5.75 Å². The molecular formula is C25H33N3O3.